The third kappa shape index (κ3) is 0.00132. The quantitative estimate of drug-likeness (QED) is 0.281. The smallest absolute Gasteiger partial charge is 0.205 e. The molecule has 4 heterocycles. The second kappa shape index (κ2) is 0.0402. The molecule has 0 saturated heterocycles. The predicted molar refractivity (Wildman–Crippen MR) is 12.4 cm³/mol. The molecule has 4 heavy (non-hydrogen) atoms. The zero-order chi connectivity index (χ0) is 2.31. The lowest BCUT2D eigenvalue weighted by molar-refractivity contribution is 1.39. The van der Waals surface area contributed by atoms with Crippen LogP contribution in [0.2, 0.25) is 0 Å². The molecule has 0 saturated carbocycles. The van der Waals surface area contributed by atoms with Crippen molar-refractivity contribution in [2.45, 2.75) is 0 Å². The van der Waals surface area contributed by atoms with Crippen molar-refractivity contribution >= 4 is 7.12 Å². The molecule has 4 heteroatoms. The topological polar surface area (TPSA) is 14.8 Å². The highest BCUT2D eigenvalue weighted by Crippen LogP contribution is 2.39. The first-order valence-electron chi connectivity index (χ1n) is 1.37. The maximum absolute atomic E-state index is 2.17. The second-order valence-corrected chi connectivity index (χ2v) is 1.31. The molecule has 4 rings (SSSR count). The van der Waals surface area contributed by atoms with Crippen molar-refractivity contribution in [1.82, 2.24) is 14.1 Å². The number of hydrogen-bond acceptors (Lipinski definition) is 0. The molecular formula is BN3. The largest absolute Gasteiger partial charge is 0.614 e. The van der Waals surface area contributed by atoms with Gasteiger partial charge >= 0.3 is 7.12 Å². The van der Waals surface area contributed by atoms with Gasteiger partial charge in [-0.2, -0.15) is 0 Å². The highest BCUT2D eigenvalue weighted by Gasteiger charge is 2.80. The Morgan fingerprint density at radius 1 is 1.00 bits per heavy atom. The molecule has 0 fully saturated rings. The molecule has 0 radical (unpaired) electrons. The monoisotopic (exact) mass is 53.0 g/mol. The van der Waals surface area contributed by atoms with E-state index in [1.165, 1.54) is 0 Å². The van der Waals surface area contributed by atoms with Crippen molar-refractivity contribution in [3.63, 3.8) is 0 Å². The Morgan fingerprint density at radius 2 is 1.25 bits per heavy atom. The summed E-state index contributed by atoms with van der Waals surface area (Å²) in [6, 6.07) is 0. The highest BCUT2D eigenvalue weighted by atomic mass is 16.2. The summed E-state index contributed by atoms with van der Waals surface area (Å²) < 4.78 is 6.50. The summed E-state index contributed by atoms with van der Waals surface area (Å²) in [5.74, 6) is 0. The van der Waals surface area contributed by atoms with Crippen LogP contribution < -0.4 is 0 Å². The summed E-state index contributed by atoms with van der Waals surface area (Å²) in [5, 5.41) is 0. The van der Waals surface area contributed by atoms with E-state index in [0.717, 1.165) is 7.12 Å². The molecule has 0 aromatic carbocycles. The summed E-state index contributed by atoms with van der Waals surface area (Å²) in [6.45, 7) is 0. The molecule has 0 atom stereocenters. The van der Waals surface area contributed by atoms with E-state index in [4.69, 9.17) is 0 Å². The summed E-state index contributed by atoms with van der Waals surface area (Å²) in [7, 11) is 0.833. The molecule has 3 aliphatic heterocycles. The molecule has 3 aliphatic rings. The Bertz CT molecular complexity index is 123. The zero-order valence-corrected chi connectivity index (χ0v) is 1.92. The lowest BCUT2D eigenvalue weighted by Gasteiger charge is -1.02. The van der Waals surface area contributed by atoms with Crippen LogP contribution in [0, 0.1) is 0 Å². The van der Waals surface area contributed by atoms with E-state index in [1.807, 2.05) is 0 Å². The standard InChI is InChI=1S/BN3/c1-2-3(1)4(1)2. The van der Waals surface area contributed by atoms with Crippen molar-refractivity contribution < 1.29 is 0 Å². The van der Waals surface area contributed by atoms with Gasteiger partial charge < -0.3 is 0 Å². The maximum Gasteiger partial charge on any atom is 0.614 e. The predicted octanol–water partition coefficient (Wildman–Crippen LogP) is -1.35. The number of nitrogens with zero attached hydrogens (tertiary/aromatic N) is 3. The Morgan fingerprint density at radius 3 is 1.25 bits per heavy atom. The molecule has 0 amide bonds. The molecule has 1 aromatic heterocycles. The van der Waals surface area contributed by atoms with Crippen molar-refractivity contribution in [2.75, 3.05) is 0 Å². The van der Waals surface area contributed by atoms with Crippen molar-refractivity contribution in [3.05, 3.63) is 0 Å². The van der Waals surface area contributed by atoms with Crippen LogP contribution in [0.3, 0.4) is 0 Å². The molecule has 0 spiro atoms. The van der Waals surface area contributed by atoms with E-state index in [9.17, 15) is 0 Å². The van der Waals surface area contributed by atoms with Gasteiger partial charge in [0.1, 0.15) is 0 Å². The highest BCUT2D eigenvalue weighted by molar-refractivity contribution is 6.77. The third-order valence-corrected chi connectivity index (χ3v) is 1.06. The lowest BCUT2D eigenvalue weighted by atomic mass is 10.3. The minimum atomic E-state index is 0.833. The van der Waals surface area contributed by atoms with Crippen LogP contribution in [0.4, 0.5) is 0 Å². The molecule has 0 bridgehead atoms. The van der Waals surface area contributed by atoms with Crippen LogP contribution in [0.15, 0.2) is 0 Å². The Balaban J connectivity index is 3.63. The van der Waals surface area contributed by atoms with Gasteiger partial charge in [0.25, 0.3) is 0 Å². The minimum Gasteiger partial charge on any atom is -0.205 e. The van der Waals surface area contributed by atoms with Gasteiger partial charge in [-0.15, -0.1) is 0 Å². The minimum absolute atomic E-state index is 0.833. The SMILES string of the molecule is B12n3n1n32. The van der Waals surface area contributed by atoms with Crippen LogP contribution in [0.25, 0.3) is 0 Å². The second-order valence-electron chi connectivity index (χ2n) is 1.31. The maximum atomic E-state index is 2.17. The van der Waals surface area contributed by atoms with Crippen molar-refractivity contribution in [2.24, 2.45) is 0 Å². The van der Waals surface area contributed by atoms with Crippen LogP contribution in [0.5, 0.6) is 0 Å². The normalized spacial score (nSPS) is 22.5. The number of aromatic nitrogens is 3. The van der Waals surface area contributed by atoms with Crippen LogP contribution in [-0.4, -0.2) is 21.2 Å². The third-order valence-electron chi connectivity index (χ3n) is 1.06. The van der Waals surface area contributed by atoms with Gasteiger partial charge in [0.15, 0.2) is 0 Å². The van der Waals surface area contributed by atoms with E-state index in [-0.39, 0.29) is 0 Å². The summed E-state index contributed by atoms with van der Waals surface area (Å²) >= 11 is 0. The Kier molecular flexibility index (Phi) is 0.00709. The molecular weight excluding hydrogens is 52.8 g/mol. The van der Waals surface area contributed by atoms with Gasteiger partial charge in [-0.1, -0.05) is 0 Å². The Labute approximate surface area is 22.5 Å². The van der Waals surface area contributed by atoms with Gasteiger partial charge in [-0.05, 0) is 0 Å². The van der Waals surface area contributed by atoms with E-state index >= 15 is 0 Å². The van der Waals surface area contributed by atoms with Gasteiger partial charge in [0.2, 0.25) is 0 Å². The molecule has 1 aromatic rings. The van der Waals surface area contributed by atoms with E-state index in [2.05, 4.69) is 14.1 Å². The van der Waals surface area contributed by atoms with Gasteiger partial charge in [0.05, 0.1) is 0 Å². The van der Waals surface area contributed by atoms with Crippen molar-refractivity contribution in [3.8, 4) is 0 Å². The van der Waals surface area contributed by atoms with Crippen LogP contribution in [-0.2, 0) is 0 Å². The first-order chi connectivity index (χ1) is 2.00. The van der Waals surface area contributed by atoms with Crippen molar-refractivity contribution in [1.29, 1.82) is 0 Å². The number of hydrogen-bond donors (Lipinski definition) is 0. The summed E-state index contributed by atoms with van der Waals surface area (Å²) in [5.41, 5.74) is 0. The van der Waals surface area contributed by atoms with E-state index < -0.39 is 0 Å². The fourth-order valence-corrected chi connectivity index (χ4v) is 0.452. The number of rotatable bonds is 0. The fourth-order valence-electron chi connectivity index (χ4n) is 0.452. The molecule has 0 N–H and O–H groups in total. The average Bonchev–Trinajstić information content (AvgIpc) is 1.71. The molecule has 0 aliphatic carbocycles. The van der Waals surface area contributed by atoms with Crippen LogP contribution in [0.1, 0.15) is 0 Å². The lowest BCUT2D eigenvalue weighted by Crippen LogP contribution is -1.46. The van der Waals surface area contributed by atoms with E-state index in [1.54, 1.807) is 0 Å². The van der Waals surface area contributed by atoms with Gasteiger partial charge in [0, 0.05) is 0 Å². The van der Waals surface area contributed by atoms with Crippen LogP contribution >= 0.6 is 0 Å². The molecule has 3 nitrogen and oxygen atoms in total. The fraction of sp³-hybridized carbons (Fsp3) is 0. The van der Waals surface area contributed by atoms with Gasteiger partial charge in [-0.25, -0.2) is 14.1 Å². The molecule has 0 unspecified atom stereocenters. The van der Waals surface area contributed by atoms with E-state index in [0.29, 0.717) is 0 Å². The molecule has 18 valence electrons. The zero-order valence-electron chi connectivity index (χ0n) is 1.92. The summed E-state index contributed by atoms with van der Waals surface area (Å²) in [4.78, 5) is 0. The summed E-state index contributed by atoms with van der Waals surface area (Å²) in [6.07, 6.45) is 0. The Hall–Kier alpha value is -0.535. The average molecular weight is 52.8 g/mol. The first-order valence-corrected chi connectivity index (χ1v) is 1.37. The van der Waals surface area contributed by atoms with Gasteiger partial charge in [-0.3, -0.25) is 0 Å². The first kappa shape index (κ1) is 0.705.